The number of aliphatic hydroxyl groups excluding tert-OH is 1. The van der Waals surface area contributed by atoms with E-state index < -0.39 is 6.29 Å². The first-order chi connectivity index (χ1) is 17.9. The number of methoxy groups -OCH3 is 1. The molecule has 1 atom stereocenters. The molecule has 0 aliphatic carbocycles. The van der Waals surface area contributed by atoms with E-state index in [4.69, 9.17) is 9.47 Å². The Balaban J connectivity index is 4.58. The van der Waals surface area contributed by atoms with E-state index in [1.54, 1.807) is 0 Å². The Kier molecular flexibility index (Phi) is 25.5. The predicted octanol–water partition coefficient (Wildman–Crippen LogP) is 6.73. The molecule has 1 N–H and O–H groups in total. The number of unbranched alkanes of at least 4 members (excludes halogenated alkanes) is 10. The fraction of sp³-hybridized carbons (Fsp3) is 0.839. The molecule has 0 aromatic heterocycles. The molecule has 0 aromatic carbocycles. The average molecular weight is 525 g/mol. The summed E-state index contributed by atoms with van der Waals surface area (Å²) in [6, 6.07) is 0. The van der Waals surface area contributed by atoms with E-state index in [-0.39, 0.29) is 5.97 Å². The predicted molar refractivity (Wildman–Crippen MR) is 157 cm³/mol. The molecule has 37 heavy (non-hydrogen) atoms. The summed E-state index contributed by atoms with van der Waals surface area (Å²) >= 11 is 0. The molecule has 6 nitrogen and oxygen atoms in total. The van der Waals surface area contributed by atoms with Crippen molar-refractivity contribution in [3.8, 4) is 0 Å². The van der Waals surface area contributed by atoms with E-state index >= 15 is 0 Å². The highest BCUT2D eigenvalue weighted by atomic mass is 16.6. The molecule has 0 fully saturated rings. The molecule has 0 spiro atoms. The Morgan fingerprint density at radius 1 is 0.865 bits per heavy atom. The first-order valence-electron chi connectivity index (χ1n) is 15.0. The van der Waals surface area contributed by atoms with Gasteiger partial charge in [0.2, 0.25) is 0 Å². The zero-order valence-corrected chi connectivity index (χ0v) is 25.0. The Morgan fingerprint density at radius 2 is 1.54 bits per heavy atom. The monoisotopic (exact) mass is 524 g/mol. The van der Waals surface area contributed by atoms with Crippen LogP contribution in [0.15, 0.2) is 23.8 Å². The van der Waals surface area contributed by atoms with E-state index in [2.05, 4.69) is 41.9 Å². The SMILES string of the molecule is C/C=C/CCCCC/C(=C\CCCCCCCCC)COC(=O)CCN(CC[C@H](O)OC)CCN(C)C. The lowest BCUT2D eigenvalue weighted by Crippen LogP contribution is -2.35. The van der Waals surface area contributed by atoms with Gasteiger partial charge in [-0.05, 0) is 65.1 Å². The van der Waals surface area contributed by atoms with Crippen LogP contribution in [0.5, 0.6) is 0 Å². The average Bonchev–Trinajstić information content (AvgIpc) is 2.89. The smallest absolute Gasteiger partial charge is 0.307 e. The number of allylic oxidation sites excluding steroid dienone is 3. The maximum Gasteiger partial charge on any atom is 0.307 e. The zero-order valence-electron chi connectivity index (χ0n) is 25.0. The van der Waals surface area contributed by atoms with Crippen molar-refractivity contribution < 1.29 is 19.4 Å². The number of aliphatic hydroxyl groups is 1. The first-order valence-corrected chi connectivity index (χ1v) is 15.0. The Morgan fingerprint density at radius 3 is 2.22 bits per heavy atom. The number of ether oxygens (including phenoxy) is 2. The first kappa shape index (κ1) is 35.8. The van der Waals surface area contributed by atoms with Crippen LogP contribution in [0, 0.1) is 0 Å². The molecule has 0 rings (SSSR count). The topological polar surface area (TPSA) is 62.2 Å². The van der Waals surface area contributed by atoms with Crippen molar-refractivity contribution in [1.82, 2.24) is 9.80 Å². The lowest BCUT2D eigenvalue weighted by atomic mass is 10.0. The number of carbonyl (C=O) groups is 1. The molecule has 0 aliphatic heterocycles. The highest BCUT2D eigenvalue weighted by molar-refractivity contribution is 5.69. The second kappa shape index (κ2) is 26.4. The molecule has 0 radical (unpaired) electrons. The summed E-state index contributed by atoms with van der Waals surface area (Å²) in [4.78, 5) is 16.9. The zero-order chi connectivity index (χ0) is 27.6. The van der Waals surface area contributed by atoms with Crippen LogP contribution in [0.3, 0.4) is 0 Å². The van der Waals surface area contributed by atoms with Gasteiger partial charge in [-0.2, -0.15) is 0 Å². The van der Waals surface area contributed by atoms with Crippen molar-refractivity contribution in [2.75, 3.05) is 54.0 Å². The van der Waals surface area contributed by atoms with Crippen LogP contribution in [0.4, 0.5) is 0 Å². The number of likely N-dealkylation sites (N-methyl/N-ethyl adjacent to an activating group) is 1. The molecule has 0 saturated heterocycles. The third-order valence-electron chi connectivity index (χ3n) is 6.72. The lowest BCUT2D eigenvalue weighted by Gasteiger charge is -2.24. The summed E-state index contributed by atoms with van der Waals surface area (Å²) in [6.07, 6.45) is 22.8. The van der Waals surface area contributed by atoms with Crippen molar-refractivity contribution in [2.45, 2.75) is 116 Å². The van der Waals surface area contributed by atoms with Crippen LogP contribution in [0.1, 0.15) is 110 Å². The van der Waals surface area contributed by atoms with Crippen LogP contribution in [-0.2, 0) is 14.3 Å². The van der Waals surface area contributed by atoms with Gasteiger partial charge in [-0.15, -0.1) is 0 Å². The largest absolute Gasteiger partial charge is 0.461 e. The maximum absolute atomic E-state index is 12.6. The highest BCUT2D eigenvalue weighted by Crippen LogP contribution is 2.15. The fourth-order valence-electron chi connectivity index (χ4n) is 4.18. The summed E-state index contributed by atoms with van der Waals surface area (Å²) in [6.45, 7) is 7.81. The maximum atomic E-state index is 12.6. The quantitative estimate of drug-likeness (QED) is 0.0586. The van der Waals surface area contributed by atoms with E-state index in [1.165, 1.54) is 70.5 Å². The van der Waals surface area contributed by atoms with Crippen LogP contribution in [0.2, 0.25) is 0 Å². The van der Waals surface area contributed by atoms with Gasteiger partial charge in [0.05, 0.1) is 6.42 Å². The minimum absolute atomic E-state index is 0.142. The number of nitrogens with zero attached hydrogens (tertiary/aromatic N) is 2. The summed E-state index contributed by atoms with van der Waals surface area (Å²) < 4.78 is 10.7. The number of esters is 1. The third kappa shape index (κ3) is 24.9. The number of carbonyl (C=O) groups excluding carboxylic acids is 1. The van der Waals surface area contributed by atoms with Crippen molar-refractivity contribution in [3.63, 3.8) is 0 Å². The van der Waals surface area contributed by atoms with Gasteiger partial charge in [0, 0.05) is 39.7 Å². The van der Waals surface area contributed by atoms with Crippen molar-refractivity contribution in [1.29, 1.82) is 0 Å². The van der Waals surface area contributed by atoms with Gasteiger partial charge in [0.25, 0.3) is 0 Å². The summed E-state index contributed by atoms with van der Waals surface area (Å²) in [7, 11) is 5.59. The van der Waals surface area contributed by atoms with E-state index in [0.717, 1.165) is 38.8 Å². The lowest BCUT2D eigenvalue weighted by molar-refractivity contribution is -0.143. The van der Waals surface area contributed by atoms with Crippen molar-refractivity contribution >= 4 is 5.97 Å². The molecule has 0 heterocycles. The highest BCUT2D eigenvalue weighted by Gasteiger charge is 2.13. The molecular formula is C31H60N2O4. The minimum Gasteiger partial charge on any atom is -0.461 e. The van der Waals surface area contributed by atoms with Crippen molar-refractivity contribution in [3.05, 3.63) is 23.8 Å². The Hall–Kier alpha value is -1.21. The molecule has 0 aromatic rings. The van der Waals surface area contributed by atoms with Gasteiger partial charge < -0.3 is 24.4 Å². The molecule has 0 unspecified atom stereocenters. The number of hydrogen-bond acceptors (Lipinski definition) is 6. The molecule has 0 bridgehead atoms. The van der Waals surface area contributed by atoms with Gasteiger partial charge in [-0.1, -0.05) is 70.1 Å². The van der Waals surface area contributed by atoms with Crippen LogP contribution in [0.25, 0.3) is 0 Å². The van der Waals surface area contributed by atoms with Gasteiger partial charge in [-0.25, -0.2) is 0 Å². The minimum atomic E-state index is -0.768. The second-order valence-corrected chi connectivity index (χ2v) is 10.5. The van der Waals surface area contributed by atoms with Crippen LogP contribution < -0.4 is 0 Å². The summed E-state index contributed by atoms with van der Waals surface area (Å²) in [5.74, 6) is -0.142. The fourth-order valence-corrected chi connectivity index (χ4v) is 4.18. The molecule has 6 heteroatoms. The summed E-state index contributed by atoms with van der Waals surface area (Å²) in [5.41, 5.74) is 1.28. The van der Waals surface area contributed by atoms with Gasteiger partial charge >= 0.3 is 5.97 Å². The van der Waals surface area contributed by atoms with Crippen LogP contribution in [-0.4, -0.2) is 81.2 Å². The van der Waals surface area contributed by atoms with E-state index in [1.807, 2.05) is 14.1 Å². The third-order valence-corrected chi connectivity index (χ3v) is 6.72. The molecule has 0 saturated carbocycles. The second-order valence-electron chi connectivity index (χ2n) is 10.5. The summed E-state index contributed by atoms with van der Waals surface area (Å²) in [5, 5.41) is 9.73. The van der Waals surface area contributed by atoms with Crippen LogP contribution >= 0.6 is 0 Å². The molecular weight excluding hydrogens is 464 g/mol. The normalized spacial score (nSPS) is 13.2. The Bertz CT molecular complexity index is 578. The van der Waals surface area contributed by atoms with Gasteiger partial charge in [-0.3, -0.25) is 4.79 Å². The standard InChI is InChI=1S/C31H60N2O4/c1-6-8-10-12-14-15-17-19-21-29(20-18-16-13-11-9-7-2)28-37-31(35)23-25-33(27-26-32(3)4)24-22-30(34)36-5/h7,9,21,30,34H,6,8,10-20,22-28H2,1-5H3/b9-7+,29-21+/t30-/m1/s1. The molecule has 0 aliphatic rings. The molecule has 0 amide bonds. The van der Waals surface area contributed by atoms with Crippen molar-refractivity contribution in [2.24, 2.45) is 0 Å². The van der Waals surface area contributed by atoms with E-state index in [9.17, 15) is 9.90 Å². The Labute approximate surface area is 229 Å². The number of rotatable bonds is 26. The van der Waals surface area contributed by atoms with E-state index in [0.29, 0.717) is 32.5 Å². The molecule has 218 valence electrons. The van der Waals surface area contributed by atoms with Gasteiger partial charge in [0.15, 0.2) is 6.29 Å². The number of hydrogen-bond donors (Lipinski definition) is 1. The van der Waals surface area contributed by atoms with Gasteiger partial charge in [0.1, 0.15) is 6.61 Å².